The van der Waals surface area contributed by atoms with Gasteiger partial charge in [0.1, 0.15) is 0 Å². The van der Waals surface area contributed by atoms with Crippen LogP contribution in [0.5, 0.6) is 0 Å². The third kappa shape index (κ3) is 2.83. The maximum Gasteiger partial charge on any atom is 0.0727 e. The number of nitrogens with two attached hydrogens (primary N) is 1. The molecule has 1 aromatic heterocycles. The standard InChI is InChI=1S/C17H16BrN3/c1-11-6-7-20-10-16(11)17(21-19)14-3-2-13-9-15(18)5-4-12(13)8-14/h2-10,17,21H,19H2,1H3. The quantitative estimate of drug-likeness (QED) is 0.561. The third-order valence-electron chi connectivity index (χ3n) is 3.72. The van der Waals surface area contributed by atoms with E-state index in [1.807, 2.05) is 18.3 Å². The fourth-order valence-corrected chi connectivity index (χ4v) is 2.94. The monoisotopic (exact) mass is 341 g/mol. The van der Waals surface area contributed by atoms with Crippen LogP contribution in [-0.4, -0.2) is 4.98 Å². The van der Waals surface area contributed by atoms with Gasteiger partial charge in [0.2, 0.25) is 0 Å². The topological polar surface area (TPSA) is 50.9 Å². The molecule has 3 rings (SSSR count). The molecule has 0 amide bonds. The predicted octanol–water partition coefficient (Wildman–Crippen LogP) is 3.86. The van der Waals surface area contributed by atoms with E-state index in [0.717, 1.165) is 15.6 Å². The molecular weight excluding hydrogens is 326 g/mol. The van der Waals surface area contributed by atoms with Crippen molar-refractivity contribution in [3.8, 4) is 0 Å². The molecule has 0 bridgehead atoms. The molecule has 3 N–H and O–H groups in total. The third-order valence-corrected chi connectivity index (χ3v) is 4.21. The minimum absolute atomic E-state index is 0.0632. The van der Waals surface area contributed by atoms with E-state index in [1.165, 1.54) is 16.3 Å². The average Bonchev–Trinajstić information content (AvgIpc) is 2.50. The number of nitrogens with one attached hydrogen (secondary N) is 1. The van der Waals surface area contributed by atoms with Crippen LogP contribution in [0, 0.1) is 6.92 Å². The first kappa shape index (κ1) is 14.2. The lowest BCUT2D eigenvalue weighted by atomic mass is 9.95. The van der Waals surface area contributed by atoms with Gasteiger partial charge in [-0.05, 0) is 58.7 Å². The summed E-state index contributed by atoms with van der Waals surface area (Å²) < 4.78 is 1.08. The zero-order valence-corrected chi connectivity index (χ0v) is 13.3. The van der Waals surface area contributed by atoms with Gasteiger partial charge in [0.15, 0.2) is 0 Å². The summed E-state index contributed by atoms with van der Waals surface area (Å²) in [6, 6.07) is 14.6. The molecule has 1 atom stereocenters. The van der Waals surface area contributed by atoms with Crippen LogP contribution in [0.25, 0.3) is 10.8 Å². The van der Waals surface area contributed by atoms with E-state index in [4.69, 9.17) is 5.84 Å². The summed E-state index contributed by atoms with van der Waals surface area (Å²) in [5.41, 5.74) is 6.29. The van der Waals surface area contributed by atoms with E-state index in [9.17, 15) is 0 Å². The molecule has 0 saturated carbocycles. The Morgan fingerprint density at radius 1 is 1.10 bits per heavy atom. The van der Waals surface area contributed by atoms with Crippen molar-refractivity contribution in [2.75, 3.05) is 0 Å². The Hall–Kier alpha value is -1.75. The number of hydrogen-bond donors (Lipinski definition) is 2. The van der Waals surface area contributed by atoms with E-state index < -0.39 is 0 Å². The van der Waals surface area contributed by atoms with Gasteiger partial charge in [-0.1, -0.05) is 34.1 Å². The molecule has 1 unspecified atom stereocenters. The van der Waals surface area contributed by atoms with Gasteiger partial charge in [0.05, 0.1) is 6.04 Å². The van der Waals surface area contributed by atoms with Crippen molar-refractivity contribution in [1.29, 1.82) is 0 Å². The highest BCUT2D eigenvalue weighted by molar-refractivity contribution is 9.10. The molecule has 0 radical (unpaired) electrons. The Morgan fingerprint density at radius 3 is 2.62 bits per heavy atom. The maximum atomic E-state index is 5.79. The summed E-state index contributed by atoms with van der Waals surface area (Å²) in [6.07, 6.45) is 3.66. The largest absolute Gasteiger partial charge is 0.271 e. The molecule has 0 spiro atoms. The van der Waals surface area contributed by atoms with Crippen LogP contribution in [0.15, 0.2) is 59.3 Å². The Bertz CT molecular complexity index is 786. The Kier molecular flexibility index (Phi) is 4.01. The highest BCUT2D eigenvalue weighted by atomic mass is 79.9. The van der Waals surface area contributed by atoms with Crippen LogP contribution < -0.4 is 11.3 Å². The zero-order valence-electron chi connectivity index (χ0n) is 11.7. The van der Waals surface area contributed by atoms with Crippen molar-refractivity contribution in [3.05, 3.63) is 76.0 Å². The van der Waals surface area contributed by atoms with Gasteiger partial charge in [-0.2, -0.15) is 0 Å². The highest BCUT2D eigenvalue weighted by Crippen LogP contribution is 2.27. The molecule has 106 valence electrons. The second-order valence-electron chi connectivity index (χ2n) is 5.08. The molecule has 0 fully saturated rings. The van der Waals surface area contributed by atoms with Gasteiger partial charge in [-0.15, -0.1) is 0 Å². The number of aromatic nitrogens is 1. The lowest BCUT2D eigenvalue weighted by molar-refractivity contribution is 0.632. The number of fused-ring (bicyclic) bond motifs is 1. The molecule has 4 heteroatoms. The van der Waals surface area contributed by atoms with Crippen LogP contribution in [0.1, 0.15) is 22.7 Å². The van der Waals surface area contributed by atoms with E-state index in [0.29, 0.717) is 0 Å². The van der Waals surface area contributed by atoms with Gasteiger partial charge >= 0.3 is 0 Å². The van der Waals surface area contributed by atoms with Crippen LogP contribution >= 0.6 is 15.9 Å². The van der Waals surface area contributed by atoms with Crippen LogP contribution in [0.3, 0.4) is 0 Å². The van der Waals surface area contributed by atoms with Crippen molar-refractivity contribution in [1.82, 2.24) is 10.4 Å². The van der Waals surface area contributed by atoms with Crippen molar-refractivity contribution < 1.29 is 0 Å². The van der Waals surface area contributed by atoms with E-state index in [2.05, 4.69) is 63.6 Å². The fraction of sp³-hybridized carbons (Fsp3) is 0.118. The Balaban J connectivity index is 2.09. The molecule has 2 aromatic carbocycles. The van der Waals surface area contributed by atoms with E-state index in [1.54, 1.807) is 6.20 Å². The second-order valence-corrected chi connectivity index (χ2v) is 6.00. The maximum absolute atomic E-state index is 5.79. The van der Waals surface area contributed by atoms with Gasteiger partial charge in [0, 0.05) is 16.9 Å². The summed E-state index contributed by atoms with van der Waals surface area (Å²) in [7, 11) is 0. The lowest BCUT2D eigenvalue weighted by Gasteiger charge is -2.19. The SMILES string of the molecule is Cc1ccncc1C(NN)c1ccc2cc(Br)ccc2c1. The molecule has 0 aliphatic carbocycles. The van der Waals surface area contributed by atoms with Gasteiger partial charge in [-0.3, -0.25) is 10.8 Å². The van der Waals surface area contributed by atoms with Gasteiger partial charge in [-0.25, -0.2) is 5.43 Å². The van der Waals surface area contributed by atoms with Gasteiger partial charge < -0.3 is 0 Å². The summed E-state index contributed by atoms with van der Waals surface area (Å²) in [5.74, 6) is 5.79. The predicted molar refractivity (Wildman–Crippen MR) is 89.8 cm³/mol. The Morgan fingerprint density at radius 2 is 1.86 bits per heavy atom. The number of benzene rings is 2. The first-order valence-electron chi connectivity index (χ1n) is 6.75. The van der Waals surface area contributed by atoms with E-state index >= 15 is 0 Å². The highest BCUT2D eigenvalue weighted by Gasteiger charge is 2.15. The summed E-state index contributed by atoms with van der Waals surface area (Å²) in [6.45, 7) is 2.07. The molecule has 0 saturated heterocycles. The number of hydrogen-bond acceptors (Lipinski definition) is 3. The van der Waals surface area contributed by atoms with Crippen molar-refractivity contribution in [3.63, 3.8) is 0 Å². The summed E-state index contributed by atoms with van der Waals surface area (Å²) in [4.78, 5) is 4.21. The first-order chi connectivity index (χ1) is 10.2. The van der Waals surface area contributed by atoms with Crippen molar-refractivity contribution in [2.24, 2.45) is 5.84 Å². The average molecular weight is 342 g/mol. The van der Waals surface area contributed by atoms with Crippen molar-refractivity contribution >= 4 is 26.7 Å². The normalized spacial score (nSPS) is 12.5. The molecule has 1 heterocycles. The summed E-state index contributed by atoms with van der Waals surface area (Å²) in [5, 5.41) is 2.39. The number of rotatable bonds is 3. The lowest BCUT2D eigenvalue weighted by Crippen LogP contribution is -2.29. The number of aryl methyl sites for hydroxylation is 1. The minimum Gasteiger partial charge on any atom is -0.271 e. The fourth-order valence-electron chi connectivity index (χ4n) is 2.56. The molecular formula is C17H16BrN3. The molecule has 3 aromatic rings. The van der Waals surface area contributed by atoms with Crippen molar-refractivity contribution in [2.45, 2.75) is 13.0 Å². The molecule has 3 nitrogen and oxygen atoms in total. The number of nitrogens with zero attached hydrogens (tertiary/aromatic N) is 1. The van der Waals surface area contributed by atoms with Gasteiger partial charge in [0.25, 0.3) is 0 Å². The number of hydrazine groups is 1. The summed E-state index contributed by atoms with van der Waals surface area (Å²) >= 11 is 3.50. The number of pyridine rings is 1. The number of halogens is 1. The van der Waals surface area contributed by atoms with Crippen LogP contribution in [0.2, 0.25) is 0 Å². The van der Waals surface area contributed by atoms with E-state index in [-0.39, 0.29) is 6.04 Å². The molecule has 0 aliphatic heterocycles. The second kappa shape index (κ2) is 5.93. The van der Waals surface area contributed by atoms with Crippen LogP contribution in [0.4, 0.5) is 0 Å². The smallest absolute Gasteiger partial charge is 0.0727 e. The molecule has 21 heavy (non-hydrogen) atoms. The first-order valence-corrected chi connectivity index (χ1v) is 7.54. The molecule has 0 aliphatic rings. The minimum atomic E-state index is -0.0632. The zero-order chi connectivity index (χ0) is 14.8. The van der Waals surface area contributed by atoms with Crippen LogP contribution in [-0.2, 0) is 0 Å². The Labute approximate surface area is 132 Å².